The molecule has 4 heteroatoms. The fraction of sp³-hybridized carbons (Fsp3) is 0.0909. The molecule has 15 heavy (non-hydrogen) atoms. The molecule has 0 amide bonds. The molecule has 2 heterocycles. The van der Waals surface area contributed by atoms with Gasteiger partial charge in [-0.15, -0.1) is 11.3 Å². The quantitative estimate of drug-likeness (QED) is 0.745. The molecule has 0 atom stereocenters. The highest BCUT2D eigenvalue weighted by Gasteiger charge is 2.11. The van der Waals surface area contributed by atoms with Gasteiger partial charge in [0.25, 0.3) is 0 Å². The topological polar surface area (TPSA) is 39.2 Å². The van der Waals surface area contributed by atoms with E-state index in [0.29, 0.717) is 10.8 Å². The van der Waals surface area contributed by atoms with Crippen molar-refractivity contribution in [2.45, 2.75) is 0 Å². The average molecular weight is 219 g/mol. The molecule has 0 aliphatic heterocycles. The highest BCUT2D eigenvalue weighted by atomic mass is 32.1. The van der Waals surface area contributed by atoms with Crippen molar-refractivity contribution in [2.24, 2.45) is 0 Å². The third-order valence-electron chi connectivity index (χ3n) is 2.06. The summed E-state index contributed by atoms with van der Waals surface area (Å²) in [5.74, 6) is 0.541. The van der Waals surface area contributed by atoms with Gasteiger partial charge in [0.2, 0.25) is 5.88 Å². The second kappa shape index (κ2) is 4.23. The highest BCUT2D eigenvalue weighted by molar-refractivity contribution is 7.12. The molecule has 0 fully saturated rings. The molecule has 2 aromatic heterocycles. The number of pyridine rings is 1. The van der Waals surface area contributed by atoms with Gasteiger partial charge in [0.1, 0.15) is 0 Å². The minimum Gasteiger partial charge on any atom is -0.481 e. The van der Waals surface area contributed by atoms with Crippen molar-refractivity contribution in [1.82, 2.24) is 4.98 Å². The summed E-state index contributed by atoms with van der Waals surface area (Å²) in [5, 5.41) is 1.88. The molecule has 0 saturated carbocycles. The first-order valence-corrected chi connectivity index (χ1v) is 5.27. The number of thiophene rings is 1. The molecule has 0 N–H and O–H groups in total. The fourth-order valence-corrected chi connectivity index (χ4v) is 2.10. The van der Waals surface area contributed by atoms with Crippen LogP contribution in [0.1, 0.15) is 9.67 Å². The fourth-order valence-electron chi connectivity index (χ4n) is 1.39. The number of carbonyl (C=O) groups is 1. The van der Waals surface area contributed by atoms with Crippen LogP contribution in [0.2, 0.25) is 0 Å². The van der Waals surface area contributed by atoms with Crippen molar-refractivity contribution in [3.63, 3.8) is 0 Å². The van der Waals surface area contributed by atoms with Crippen LogP contribution in [0.5, 0.6) is 5.88 Å². The summed E-state index contributed by atoms with van der Waals surface area (Å²) in [6.45, 7) is 0. The summed E-state index contributed by atoms with van der Waals surface area (Å²) >= 11 is 1.41. The zero-order chi connectivity index (χ0) is 10.7. The lowest BCUT2D eigenvalue weighted by molar-refractivity contribution is 0.112. The second-order valence-corrected chi connectivity index (χ2v) is 3.82. The maximum absolute atomic E-state index is 10.8. The molecule has 0 bridgehead atoms. The Bertz CT molecular complexity index is 479. The minimum atomic E-state index is 0.541. The zero-order valence-corrected chi connectivity index (χ0v) is 8.95. The van der Waals surface area contributed by atoms with Crippen molar-refractivity contribution in [3.8, 4) is 17.0 Å². The smallest absolute Gasteiger partial charge is 0.221 e. The average Bonchev–Trinajstić information content (AvgIpc) is 2.76. The maximum Gasteiger partial charge on any atom is 0.221 e. The number of methoxy groups -OCH3 is 1. The monoisotopic (exact) mass is 219 g/mol. The summed E-state index contributed by atoms with van der Waals surface area (Å²) in [4.78, 5) is 15.6. The van der Waals surface area contributed by atoms with E-state index in [9.17, 15) is 4.79 Å². The molecule has 0 radical (unpaired) electrons. The van der Waals surface area contributed by atoms with Crippen LogP contribution in [-0.4, -0.2) is 18.4 Å². The molecule has 76 valence electrons. The van der Waals surface area contributed by atoms with Gasteiger partial charge >= 0.3 is 0 Å². The van der Waals surface area contributed by atoms with Gasteiger partial charge in [-0.3, -0.25) is 4.79 Å². The van der Waals surface area contributed by atoms with Crippen molar-refractivity contribution < 1.29 is 9.53 Å². The molecule has 2 rings (SSSR count). The number of aldehydes is 1. The SMILES string of the molecule is COc1ncccc1-c1ccsc1C=O. The van der Waals surface area contributed by atoms with E-state index in [1.165, 1.54) is 11.3 Å². The van der Waals surface area contributed by atoms with Crippen LogP contribution in [0.25, 0.3) is 11.1 Å². The van der Waals surface area contributed by atoms with E-state index in [2.05, 4.69) is 4.98 Å². The lowest BCUT2D eigenvalue weighted by Crippen LogP contribution is -1.91. The number of carbonyl (C=O) groups excluding carboxylic acids is 1. The van der Waals surface area contributed by atoms with Crippen molar-refractivity contribution >= 4 is 17.6 Å². The Labute approximate surface area is 91.4 Å². The van der Waals surface area contributed by atoms with E-state index in [0.717, 1.165) is 17.4 Å². The van der Waals surface area contributed by atoms with Gasteiger partial charge in [-0.05, 0) is 23.6 Å². The lowest BCUT2D eigenvalue weighted by Gasteiger charge is -2.05. The predicted octanol–water partition coefficient (Wildman–Crippen LogP) is 2.63. The van der Waals surface area contributed by atoms with Gasteiger partial charge < -0.3 is 4.74 Å². The zero-order valence-electron chi connectivity index (χ0n) is 8.14. The number of hydrogen-bond acceptors (Lipinski definition) is 4. The van der Waals surface area contributed by atoms with Gasteiger partial charge in [0.15, 0.2) is 6.29 Å². The Morgan fingerprint density at radius 3 is 3.00 bits per heavy atom. The van der Waals surface area contributed by atoms with Crippen LogP contribution in [0.3, 0.4) is 0 Å². The van der Waals surface area contributed by atoms with E-state index in [-0.39, 0.29) is 0 Å². The van der Waals surface area contributed by atoms with Crippen LogP contribution in [0.4, 0.5) is 0 Å². The van der Waals surface area contributed by atoms with Gasteiger partial charge in [-0.25, -0.2) is 4.98 Å². The highest BCUT2D eigenvalue weighted by Crippen LogP contribution is 2.32. The van der Waals surface area contributed by atoms with Crippen molar-refractivity contribution in [1.29, 1.82) is 0 Å². The van der Waals surface area contributed by atoms with Gasteiger partial charge in [0.05, 0.1) is 12.0 Å². The molecular weight excluding hydrogens is 210 g/mol. The third-order valence-corrected chi connectivity index (χ3v) is 2.90. The summed E-state index contributed by atoms with van der Waals surface area (Å²) in [6.07, 6.45) is 2.52. The molecule has 0 aromatic carbocycles. The van der Waals surface area contributed by atoms with Crippen LogP contribution in [-0.2, 0) is 0 Å². The first-order valence-electron chi connectivity index (χ1n) is 4.39. The Morgan fingerprint density at radius 1 is 1.40 bits per heavy atom. The summed E-state index contributed by atoms with van der Waals surface area (Å²) in [5.41, 5.74) is 1.73. The Morgan fingerprint density at radius 2 is 2.27 bits per heavy atom. The molecule has 0 unspecified atom stereocenters. The van der Waals surface area contributed by atoms with Gasteiger partial charge in [0, 0.05) is 17.3 Å². The lowest BCUT2D eigenvalue weighted by atomic mass is 10.1. The third kappa shape index (κ3) is 1.76. The molecule has 2 aromatic rings. The standard InChI is InChI=1S/C11H9NO2S/c1-14-11-9(3-2-5-12-11)8-4-6-15-10(8)7-13/h2-7H,1H3. The number of hydrogen-bond donors (Lipinski definition) is 0. The molecular formula is C11H9NO2S. The van der Waals surface area contributed by atoms with Crippen molar-refractivity contribution in [3.05, 3.63) is 34.7 Å². The molecule has 0 aliphatic rings. The van der Waals surface area contributed by atoms with E-state index >= 15 is 0 Å². The molecule has 0 spiro atoms. The second-order valence-electron chi connectivity index (χ2n) is 2.88. The van der Waals surface area contributed by atoms with Crippen LogP contribution in [0, 0.1) is 0 Å². The maximum atomic E-state index is 10.8. The molecule has 3 nitrogen and oxygen atoms in total. The van der Waals surface area contributed by atoms with E-state index in [1.807, 2.05) is 23.6 Å². The Balaban J connectivity index is 2.58. The first-order chi connectivity index (χ1) is 7.36. The first kappa shape index (κ1) is 9.86. The molecule has 0 saturated heterocycles. The largest absolute Gasteiger partial charge is 0.481 e. The summed E-state index contributed by atoms with van der Waals surface area (Å²) < 4.78 is 5.15. The normalized spacial score (nSPS) is 9.93. The summed E-state index contributed by atoms with van der Waals surface area (Å²) in [6, 6.07) is 5.61. The van der Waals surface area contributed by atoms with E-state index < -0.39 is 0 Å². The van der Waals surface area contributed by atoms with Gasteiger partial charge in [-0.2, -0.15) is 0 Å². The van der Waals surface area contributed by atoms with Crippen LogP contribution < -0.4 is 4.74 Å². The predicted molar refractivity (Wildman–Crippen MR) is 59.5 cm³/mol. The number of ether oxygens (including phenoxy) is 1. The number of rotatable bonds is 3. The minimum absolute atomic E-state index is 0.541. The molecule has 0 aliphatic carbocycles. The van der Waals surface area contributed by atoms with Crippen LogP contribution in [0.15, 0.2) is 29.8 Å². The van der Waals surface area contributed by atoms with Gasteiger partial charge in [-0.1, -0.05) is 0 Å². The number of nitrogens with zero attached hydrogens (tertiary/aromatic N) is 1. The van der Waals surface area contributed by atoms with E-state index in [4.69, 9.17) is 4.74 Å². The Hall–Kier alpha value is -1.68. The summed E-state index contributed by atoms with van der Waals surface area (Å²) in [7, 11) is 1.57. The van der Waals surface area contributed by atoms with E-state index in [1.54, 1.807) is 13.3 Å². The van der Waals surface area contributed by atoms with Crippen LogP contribution >= 0.6 is 11.3 Å². The Kier molecular flexibility index (Phi) is 2.78. The van der Waals surface area contributed by atoms with Crippen molar-refractivity contribution in [2.75, 3.05) is 7.11 Å². The number of aromatic nitrogens is 1.